The second kappa shape index (κ2) is 53.3. The number of amides is 1. The summed E-state index contributed by atoms with van der Waals surface area (Å²) < 4.78 is 23.6. The lowest BCUT2D eigenvalue weighted by Crippen LogP contribution is -2.51. The number of unbranched alkanes of at least 4 members (excludes halogenated alkanes) is 29. The smallest absolute Gasteiger partial charge is 0.390 e. The van der Waals surface area contributed by atoms with E-state index in [1.54, 1.807) is 0 Å². The molecule has 4 unspecified atom stereocenters. The first-order valence-corrected chi connectivity index (χ1v) is 31.9. The molecule has 0 spiro atoms. The van der Waals surface area contributed by atoms with Crippen molar-refractivity contribution in [3.8, 4) is 0 Å². The SMILES string of the molecule is CC/C=C\C/C=C\C/C=C\C/C=C\C/C=C\C/C=C\CCCCCCCCCCCCCCCCCCCCC(=O)NC(COP(=O)(O)OCC[N+](C)(C)C)C(O)C(O)CCCCCCCCCCCCCC. The third kappa shape index (κ3) is 54.5. The molecule has 0 rings (SSSR count). The highest BCUT2D eigenvalue weighted by molar-refractivity contribution is 7.47. The van der Waals surface area contributed by atoms with Gasteiger partial charge in [0.25, 0.3) is 0 Å². The van der Waals surface area contributed by atoms with Crippen LogP contribution in [0.2, 0.25) is 0 Å². The lowest BCUT2D eigenvalue weighted by atomic mass is 9.99. The van der Waals surface area contributed by atoms with Crippen molar-refractivity contribution in [2.45, 2.75) is 283 Å². The van der Waals surface area contributed by atoms with Crippen LogP contribution < -0.4 is 5.32 Å². The maximum atomic E-state index is 13.0. The molecule has 0 aliphatic rings. The van der Waals surface area contributed by atoms with Crippen LogP contribution in [0.25, 0.3) is 0 Å². The van der Waals surface area contributed by atoms with Crippen LogP contribution in [0.4, 0.5) is 0 Å². The highest BCUT2D eigenvalue weighted by Gasteiger charge is 2.32. The molecule has 0 aromatic heterocycles. The van der Waals surface area contributed by atoms with Gasteiger partial charge in [-0.3, -0.25) is 13.8 Å². The monoisotopic (exact) mass is 1050 g/mol. The van der Waals surface area contributed by atoms with Crippen LogP contribution in [0, 0.1) is 0 Å². The zero-order chi connectivity index (χ0) is 53.6. The van der Waals surface area contributed by atoms with Crippen molar-refractivity contribution in [3.05, 3.63) is 72.9 Å². The average Bonchev–Trinajstić information content (AvgIpc) is 3.35. The van der Waals surface area contributed by atoms with Gasteiger partial charge in [0, 0.05) is 6.42 Å². The van der Waals surface area contributed by atoms with E-state index in [9.17, 15) is 24.5 Å². The van der Waals surface area contributed by atoms with E-state index in [2.05, 4.69) is 92.1 Å². The zero-order valence-corrected chi connectivity index (χ0v) is 49.1. The Balaban J connectivity index is 4.03. The van der Waals surface area contributed by atoms with Crippen molar-refractivity contribution in [1.29, 1.82) is 0 Å². The topological polar surface area (TPSA) is 125 Å². The number of allylic oxidation sites excluding steroid dienone is 12. The van der Waals surface area contributed by atoms with Crippen molar-refractivity contribution in [1.82, 2.24) is 5.32 Å². The third-order valence-corrected chi connectivity index (χ3v) is 14.5. The summed E-state index contributed by atoms with van der Waals surface area (Å²) >= 11 is 0. The number of nitrogens with one attached hydrogen (secondary N) is 1. The molecule has 426 valence electrons. The van der Waals surface area contributed by atoms with Crippen molar-refractivity contribution in [3.63, 3.8) is 0 Å². The van der Waals surface area contributed by atoms with Crippen molar-refractivity contribution >= 4 is 13.7 Å². The number of phosphoric ester groups is 1. The first-order chi connectivity index (χ1) is 35.4. The van der Waals surface area contributed by atoms with Crippen molar-refractivity contribution < 1.29 is 38.0 Å². The summed E-state index contributed by atoms with van der Waals surface area (Å²) in [7, 11) is 1.44. The zero-order valence-electron chi connectivity index (χ0n) is 48.2. The minimum absolute atomic E-state index is 0.0214. The van der Waals surface area contributed by atoms with Crippen LogP contribution in [0.5, 0.6) is 0 Å². The summed E-state index contributed by atoms with van der Waals surface area (Å²) in [6.45, 7) is 4.50. The minimum Gasteiger partial charge on any atom is -0.390 e. The normalized spacial score (nSPS) is 14.8. The molecule has 0 aromatic carbocycles. The number of phosphoric acid groups is 1. The molecule has 0 radical (unpaired) electrons. The fourth-order valence-corrected chi connectivity index (χ4v) is 9.53. The van der Waals surface area contributed by atoms with Gasteiger partial charge in [0.05, 0.1) is 39.9 Å². The fourth-order valence-electron chi connectivity index (χ4n) is 8.80. The number of aliphatic hydroxyl groups excluding tert-OH is 2. The summed E-state index contributed by atoms with van der Waals surface area (Å²) in [5.74, 6) is -0.257. The second-order valence-corrected chi connectivity index (χ2v) is 23.3. The van der Waals surface area contributed by atoms with Gasteiger partial charge in [0.15, 0.2) is 0 Å². The van der Waals surface area contributed by atoms with Gasteiger partial charge >= 0.3 is 7.82 Å². The number of aliphatic hydroxyl groups is 2. The Morgan fingerprint density at radius 3 is 1.25 bits per heavy atom. The van der Waals surface area contributed by atoms with Crippen LogP contribution in [0.3, 0.4) is 0 Å². The largest absolute Gasteiger partial charge is 0.472 e. The first-order valence-electron chi connectivity index (χ1n) is 30.4. The molecule has 10 heteroatoms. The van der Waals surface area contributed by atoms with E-state index >= 15 is 0 Å². The summed E-state index contributed by atoms with van der Waals surface area (Å²) in [6, 6.07) is -1.03. The Kier molecular flexibility index (Phi) is 51.8. The van der Waals surface area contributed by atoms with E-state index in [0.717, 1.165) is 77.0 Å². The number of quaternary nitrogens is 1. The molecule has 0 aliphatic carbocycles. The minimum atomic E-state index is -4.42. The number of nitrogens with zero attached hydrogens (tertiary/aromatic N) is 1. The molecule has 0 aromatic rings. The van der Waals surface area contributed by atoms with E-state index in [4.69, 9.17) is 9.05 Å². The lowest BCUT2D eigenvalue weighted by Gasteiger charge is -2.28. The van der Waals surface area contributed by atoms with Crippen LogP contribution in [0.1, 0.15) is 264 Å². The molecule has 0 saturated carbocycles. The van der Waals surface area contributed by atoms with E-state index in [0.29, 0.717) is 23.9 Å². The molecule has 0 fully saturated rings. The fraction of sp³-hybridized carbons (Fsp3) is 0.794. The summed E-state index contributed by atoms with van der Waals surface area (Å²) in [5, 5.41) is 24.8. The quantitative estimate of drug-likeness (QED) is 0.0207. The number of carbonyl (C=O) groups is 1. The maximum Gasteiger partial charge on any atom is 0.472 e. The summed E-state index contributed by atoms with van der Waals surface area (Å²) in [4.78, 5) is 23.3. The van der Waals surface area contributed by atoms with E-state index in [1.807, 2.05) is 21.1 Å². The number of likely N-dealkylation sites (N-methyl/N-ethyl adjacent to an activating group) is 1. The molecular formula is C63H118N2O7P+. The molecule has 0 bridgehead atoms. The van der Waals surface area contributed by atoms with Gasteiger partial charge in [-0.25, -0.2) is 4.57 Å². The van der Waals surface area contributed by atoms with Gasteiger partial charge in [0.2, 0.25) is 5.91 Å². The van der Waals surface area contributed by atoms with E-state index < -0.39 is 32.7 Å². The van der Waals surface area contributed by atoms with Crippen LogP contribution >= 0.6 is 7.82 Å². The Morgan fingerprint density at radius 2 is 0.849 bits per heavy atom. The van der Waals surface area contributed by atoms with Crippen LogP contribution in [-0.2, 0) is 18.4 Å². The number of rotatable bonds is 55. The lowest BCUT2D eigenvalue weighted by molar-refractivity contribution is -0.870. The molecule has 0 heterocycles. The first kappa shape index (κ1) is 70.9. The Labute approximate surface area is 451 Å². The standard InChI is InChI=1S/C63H117N2O7P/c1-6-8-10-12-14-16-18-20-21-22-23-24-25-26-27-28-29-30-31-32-33-34-35-36-37-38-39-40-41-42-43-44-46-48-50-52-54-56-62(67)64-60(59-72-73(69,70)71-58-57-65(3,4)5)63(68)61(66)55-53-51-49-47-45-19-17-15-13-11-9-7-2/h8,10,14,16,20-21,23-24,26-27,29-30,60-61,63,66,68H,6-7,9,11-13,15,17-19,22,25,28,31-59H2,1-5H3,(H-,64,67,69,70)/p+1/b10-8-,16-14-,21-20-,24-23-,27-26-,30-29-. The second-order valence-electron chi connectivity index (χ2n) is 21.8. The molecule has 1 amide bonds. The highest BCUT2D eigenvalue weighted by Crippen LogP contribution is 2.43. The third-order valence-electron chi connectivity index (χ3n) is 13.6. The molecule has 0 aliphatic heterocycles. The van der Waals surface area contributed by atoms with Crippen molar-refractivity contribution in [2.75, 3.05) is 40.9 Å². The maximum absolute atomic E-state index is 13.0. The van der Waals surface area contributed by atoms with Gasteiger partial charge in [-0.05, 0) is 64.2 Å². The number of carbonyl (C=O) groups excluding carboxylic acids is 1. The molecule has 9 nitrogen and oxygen atoms in total. The van der Waals surface area contributed by atoms with Gasteiger partial charge in [-0.15, -0.1) is 0 Å². The number of hydrogen-bond acceptors (Lipinski definition) is 6. The van der Waals surface area contributed by atoms with Gasteiger partial charge in [0.1, 0.15) is 19.3 Å². The Morgan fingerprint density at radius 1 is 0.493 bits per heavy atom. The van der Waals surface area contributed by atoms with Crippen LogP contribution in [-0.4, -0.2) is 84.6 Å². The van der Waals surface area contributed by atoms with E-state index in [1.165, 1.54) is 161 Å². The van der Waals surface area contributed by atoms with Crippen molar-refractivity contribution in [2.24, 2.45) is 0 Å². The molecule has 4 atom stereocenters. The predicted molar refractivity (Wildman–Crippen MR) is 315 cm³/mol. The molecule has 0 saturated heterocycles. The molecule has 4 N–H and O–H groups in total. The van der Waals surface area contributed by atoms with Gasteiger partial charge in [-0.2, -0.15) is 0 Å². The van der Waals surface area contributed by atoms with E-state index in [-0.39, 0.29) is 12.5 Å². The molecule has 73 heavy (non-hydrogen) atoms. The van der Waals surface area contributed by atoms with Crippen LogP contribution in [0.15, 0.2) is 72.9 Å². The average molecular weight is 1050 g/mol. The molecular weight excluding hydrogens is 928 g/mol. The Bertz CT molecular complexity index is 1440. The predicted octanol–water partition coefficient (Wildman–Crippen LogP) is 17.6. The van der Waals surface area contributed by atoms with Gasteiger partial charge in [-0.1, -0.05) is 267 Å². The highest BCUT2D eigenvalue weighted by atomic mass is 31.2. The van der Waals surface area contributed by atoms with Gasteiger partial charge < -0.3 is 24.9 Å². The summed E-state index contributed by atoms with van der Waals surface area (Å²) in [5.41, 5.74) is 0. The Hall–Kier alpha value is -2.10. The number of hydrogen-bond donors (Lipinski definition) is 4. The summed E-state index contributed by atoms with van der Waals surface area (Å²) in [6.07, 6.45) is 70.0.